The van der Waals surface area contributed by atoms with Crippen LogP contribution in [0.3, 0.4) is 0 Å². The second-order valence-corrected chi connectivity index (χ2v) is 11.0. The molecule has 0 radical (unpaired) electrons. The third kappa shape index (κ3) is 7.45. The first kappa shape index (κ1) is 27.8. The molecule has 206 valence electrons. The lowest BCUT2D eigenvalue weighted by Crippen LogP contribution is -2.46. The summed E-state index contributed by atoms with van der Waals surface area (Å²) >= 11 is 0. The highest BCUT2D eigenvalue weighted by Crippen LogP contribution is 2.25. The van der Waals surface area contributed by atoms with Gasteiger partial charge in [-0.15, -0.1) is 0 Å². The molecule has 5 rings (SSSR count). The molecule has 0 saturated carbocycles. The molecule has 1 amide bonds. The number of benzene rings is 3. The predicted octanol–water partition coefficient (Wildman–Crippen LogP) is 7.79. The van der Waals surface area contributed by atoms with Crippen molar-refractivity contribution in [2.45, 2.75) is 64.6 Å². The Bertz CT molecular complexity index is 1310. The number of hydrogen-bond donors (Lipinski definition) is 0. The summed E-state index contributed by atoms with van der Waals surface area (Å²) in [7, 11) is 0. The lowest BCUT2D eigenvalue weighted by Gasteiger charge is -2.39. The molecule has 40 heavy (non-hydrogen) atoms. The van der Waals surface area contributed by atoms with Gasteiger partial charge in [0, 0.05) is 50.2 Å². The van der Waals surface area contributed by atoms with Crippen molar-refractivity contribution in [2.75, 3.05) is 13.1 Å². The van der Waals surface area contributed by atoms with E-state index in [1.807, 2.05) is 24.4 Å². The quantitative estimate of drug-likeness (QED) is 0.185. The number of carbonyl (C=O) groups excluding carboxylic acids is 1. The van der Waals surface area contributed by atoms with Crippen LogP contribution in [0.4, 0.5) is 0 Å². The van der Waals surface area contributed by atoms with Gasteiger partial charge in [-0.25, -0.2) is 0 Å². The molecule has 1 fully saturated rings. The summed E-state index contributed by atoms with van der Waals surface area (Å²) in [5.41, 5.74) is 6.86. The minimum absolute atomic E-state index is 0.137. The van der Waals surface area contributed by atoms with E-state index < -0.39 is 0 Å². The fraction of sp³-hybridized carbons (Fsp3) is 0.333. The number of likely N-dealkylation sites (tertiary alicyclic amines) is 1. The Morgan fingerprint density at radius 3 is 2.20 bits per heavy atom. The minimum Gasteiger partial charge on any atom is -0.331 e. The van der Waals surface area contributed by atoms with E-state index in [0.717, 1.165) is 61.2 Å². The lowest BCUT2D eigenvalue weighted by molar-refractivity contribution is 0.0543. The van der Waals surface area contributed by atoms with Gasteiger partial charge in [0.2, 0.25) is 0 Å². The van der Waals surface area contributed by atoms with Crippen molar-refractivity contribution >= 4 is 5.91 Å². The average molecular weight is 532 g/mol. The molecule has 0 aliphatic carbocycles. The number of carbonyl (C=O) groups is 1. The second-order valence-electron chi connectivity index (χ2n) is 11.0. The molecule has 1 saturated heterocycles. The normalized spacial score (nSPS) is 14.2. The Hall–Kier alpha value is -3.76. The van der Waals surface area contributed by atoms with Crippen LogP contribution in [-0.4, -0.2) is 39.8 Å². The van der Waals surface area contributed by atoms with Gasteiger partial charge in [0.05, 0.1) is 0 Å². The third-order valence-electron chi connectivity index (χ3n) is 8.08. The number of rotatable bonds is 11. The van der Waals surface area contributed by atoms with Crippen LogP contribution in [0, 0.1) is 0 Å². The zero-order chi connectivity index (χ0) is 27.6. The second kappa shape index (κ2) is 14.0. The van der Waals surface area contributed by atoms with Crippen molar-refractivity contribution < 1.29 is 4.79 Å². The summed E-state index contributed by atoms with van der Waals surface area (Å²) in [4.78, 5) is 22.9. The number of aromatic nitrogens is 1. The Morgan fingerprint density at radius 2 is 1.52 bits per heavy atom. The zero-order valence-corrected chi connectivity index (χ0v) is 23.7. The fourth-order valence-corrected chi connectivity index (χ4v) is 5.69. The topological polar surface area (TPSA) is 36.4 Å². The number of pyridine rings is 1. The van der Waals surface area contributed by atoms with Crippen LogP contribution in [0.2, 0.25) is 0 Å². The van der Waals surface area contributed by atoms with E-state index in [4.69, 9.17) is 0 Å². The van der Waals surface area contributed by atoms with Crippen LogP contribution in [0.5, 0.6) is 0 Å². The fourth-order valence-electron chi connectivity index (χ4n) is 5.69. The molecular formula is C36H41N3O. The lowest BCUT2D eigenvalue weighted by atomic mass is 9.99. The van der Waals surface area contributed by atoms with Gasteiger partial charge in [-0.2, -0.15) is 0 Å². The summed E-state index contributed by atoms with van der Waals surface area (Å²) in [6, 6.07) is 31.9. The van der Waals surface area contributed by atoms with Gasteiger partial charge in [-0.1, -0.05) is 92.6 Å². The maximum Gasteiger partial charge on any atom is 0.254 e. The van der Waals surface area contributed by atoms with E-state index in [1.165, 1.54) is 30.4 Å². The summed E-state index contributed by atoms with van der Waals surface area (Å²) < 4.78 is 0. The summed E-state index contributed by atoms with van der Waals surface area (Å²) in [5, 5.41) is 0. The standard InChI is InChI=1S/C36H41N3O/c1-2-3-5-9-29-13-19-33(20-14-29)36(40)39(28-31-15-17-32(18-16-31)34-12-8-23-37-26-34)35-21-24-38(25-22-35)27-30-10-6-4-7-11-30/h4,6-8,10-20,23,26,35H,2-3,5,9,21-22,24-25,27-28H2,1H3. The molecule has 1 aromatic heterocycles. The molecule has 3 aromatic carbocycles. The van der Waals surface area contributed by atoms with Crippen LogP contribution >= 0.6 is 0 Å². The number of hydrogen-bond acceptors (Lipinski definition) is 3. The van der Waals surface area contributed by atoms with Crippen molar-refractivity contribution in [1.29, 1.82) is 0 Å². The summed E-state index contributed by atoms with van der Waals surface area (Å²) in [6.45, 7) is 5.82. The van der Waals surface area contributed by atoms with Crippen molar-refractivity contribution in [1.82, 2.24) is 14.8 Å². The largest absolute Gasteiger partial charge is 0.331 e. The molecule has 1 aliphatic heterocycles. The molecule has 4 heteroatoms. The average Bonchev–Trinajstić information content (AvgIpc) is 3.02. The predicted molar refractivity (Wildman–Crippen MR) is 164 cm³/mol. The van der Waals surface area contributed by atoms with Gasteiger partial charge in [-0.3, -0.25) is 14.7 Å². The molecule has 0 atom stereocenters. The van der Waals surface area contributed by atoms with Crippen molar-refractivity contribution in [3.8, 4) is 11.1 Å². The Labute approximate surface area is 239 Å². The first-order chi connectivity index (χ1) is 19.7. The van der Waals surface area contributed by atoms with Gasteiger partial charge in [0.1, 0.15) is 0 Å². The molecule has 0 N–H and O–H groups in total. The van der Waals surface area contributed by atoms with Gasteiger partial charge < -0.3 is 4.90 Å². The van der Waals surface area contributed by atoms with E-state index in [9.17, 15) is 4.79 Å². The molecule has 2 heterocycles. The van der Waals surface area contributed by atoms with Crippen molar-refractivity contribution in [2.24, 2.45) is 0 Å². The Morgan fingerprint density at radius 1 is 0.800 bits per heavy atom. The molecule has 4 nitrogen and oxygen atoms in total. The summed E-state index contributed by atoms with van der Waals surface area (Å²) in [6.07, 6.45) is 10.4. The maximum absolute atomic E-state index is 14.0. The van der Waals surface area contributed by atoms with E-state index in [0.29, 0.717) is 6.54 Å². The highest BCUT2D eigenvalue weighted by Gasteiger charge is 2.29. The Kier molecular flexibility index (Phi) is 9.76. The van der Waals surface area contributed by atoms with E-state index >= 15 is 0 Å². The van der Waals surface area contributed by atoms with Crippen LogP contribution in [0.25, 0.3) is 11.1 Å². The number of unbranched alkanes of at least 4 members (excludes halogenated alkanes) is 2. The van der Waals surface area contributed by atoms with Crippen LogP contribution in [0.1, 0.15) is 66.1 Å². The highest BCUT2D eigenvalue weighted by molar-refractivity contribution is 5.94. The smallest absolute Gasteiger partial charge is 0.254 e. The van der Waals surface area contributed by atoms with Gasteiger partial charge in [0.15, 0.2) is 0 Å². The summed E-state index contributed by atoms with van der Waals surface area (Å²) in [5.74, 6) is 0.137. The molecule has 0 spiro atoms. The zero-order valence-electron chi connectivity index (χ0n) is 23.7. The van der Waals surface area contributed by atoms with Gasteiger partial charge >= 0.3 is 0 Å². The Balaban J connectivity index is 1.30. The van der Waals surface area contributed by atoms with Crippen LogP contribution < -0.4 is 0 Å². The van der Waals surface area contributed by atoms with Crippen molar-refractivity contribution in [3.63, 3.8) is 0 Å². The molecule has 0 unspecified atom stereocenters. The third-order valence-corrected chi connectivity index (χ3v) is 8.08. The molecule has 4 aromatic rings. The van der Waals surface area contributed by atoms with E-state index in [2.05, 4.69) is 94.5 Å². The number of aryl methyl sites for hydroxylation is 1. The van der Waals surface area contributed by atoms with Gasteiger partial charge in [-0.05, 0) is 71.7 Å². The monoisotopic (exact) mass is 531 g/mol. The van der Waals surface area contributed by atoms with E-state index in [1.54, 1.807) is 6.20 Å². The van der Waals surface area contributed by atoms with Crippen LogP contribution in [-0.2, 0) is 19.5 Å². The first-order valence-electron chi connectivity index (χ1n) is 14.8. The molecule has 1 aliphatic rings. The maximum atomic E-state index is 14.0. The van der Waals surface area contributed by atoms with Crippen LogP contribution in [0.15, 0.2) is 103 Å². The number of piperidine rings is 1. The highest BCUT2D eigenvalue weighted by atomic mass is 16.2. The minimum atomic E-state index is 0.137. The first-order valence-corrected chi connectivity index (χ1v) is 14.8. The SMILES string of the molecule is CCCCCc1ccc(C(=O)N(Cc2ccc(-c3cccnc3)cc2)C2CCN(Cc3ccccc3)CC2)cc1. The number of amides is 1. The molecule has 0 bridgehead atoms. The van der Waals surface area contributed by atoms with E-state index in [-0.39, 0.29) is 11.9 Å². The van der Waals surface area contributed by atoms with Crippen molar-refractivity contribution in [3.05, 3.63) is 126 Å². The molecular weight excluding hydrogens is 490 g/mol. The number of nitrogens with zero attached hydrogens (tertiary/aromatic N) is 3. The van der Waals surface area contributed by atoms with Gasteiger partial charge in [0.25, 0.3) is 5.91 Å².